The number of carbonyl (C=O) groups excluding carboxylic acids is 1. The van der Waals surface area contributed by atoms with Crippen LogP contribution >= 0.6 is 0 Å². The van der Waals surface area contributed by atoms with Crippen molar-refractivity contribution in [2.45, 2.75) is 6.92 Å². The Kier molecular flexibility index (Phi) is 3.23. The number of nitrogens with zero attached hydrogens (tertiary/aromatic N) is 1. The highest BCUT2D eigenvalue weighted by Gasteiger charge is 2.08. The molecular weight excluding hydrogens is 218 g/mol. The summed E-state index contributed by atoms with van der Waals surface area (Å²) in [5, 5.41) is 0.957. The lowest BCUT2D eigenvalue weighted by atomic mass is 10.2. The number of ether oxygens (including phenoxy) is 2. The maximum atomic E-state index is 11.5. The molecule has 88 valence electrons. The van der Waals surface area contributed by atoms with Gasteiger partial charge in [0.25, 0.3) is 0 Å². The number of carbonyl (C=O) groups is 1. The van der Waals surface area contributed by atoms with Crippen LogP contribution in [-0.2, 0) is 4.74 Å². The van der Waals surface area contributed by atoms with Crippen LogP contribution in [0.5, 0.6) is 5.75 Å². The summed E-state index contributed by atoms with van der Waals surface area (Å²) in [7, 11) is 1.59. The standard InChI is InChI=1S/C13H13NO3/c1-3-17-13(15)11-7-5-9-4-6-10(16-2)8-12(9)14-11/h4-8H,3H2,1-2H3. The van der Waals surface area contributed by atoms with Crippen LogP contribution in [0.25, 0.3) is 10.9 Å². The summed E-state index contributed by atoms with van der Waals surface area (Å²) in [4.78, 5) is 15.8. The van der Waals surface area contributed by atoms with Crippen molar-refractivity contribution in [2.75, 3.05) is 13.7 Å². The Balaban J connectivity index is 2.44. The third-order valence-corrected chi connectivity index (χ3v) is 2.38. The molecule has 0 N–H and O–H groups in total. The number of rotatable bonds is 3. The first-order valence-corrected chi connectivity index (χ1v) is 5.36. The Hall–Kier alpha value is -2.10. The minimum Gasteiger partial charge on any atom is -0.497 e. The van der Waals surface area contributed by atoms with E-state index in [1.165, 1.54) is 0 Å². The van der Waals surface area contributed by atoms with Crippen molar-refractivity contribution >= 4 is 16.9 Å². The van der Waals surface area contributed by atoms with Crippen LogP contribution in [0.1, 0.15) is 17.4 Å². The molecule has 0 fully saturated rings. The first-order chi connectivity index (χ1) is 8.24. The van der Waals surface area contributed by atoms with E-state index in [-0.39, 0.29) is 0 Å². The molecule has 4 heteroatoms. The van der Waals surface area contributed by atoms with Crippen molar-refractivity contribution in [1.82, 2.24) is 4.98 Å². The van der Waals surface area contributed by atoms with Gasteiger partial charge in [0.05, 0.1) is 19.2 Å². The summed E-state index contributed by atoms with van der Waals surface area (Å²) < 4.78 is 10.0. The number of pyridine rings is 1. The fraction of sp³-hybridized carbons (Fsp3) is 0.231. The zero-order valence-electron chi connectivity index (χ0n) is 9.77. The summed E-state index contributed by atoms with van der Waals surface area (Å²) in [5.74, 6) is 0.309. The number of fused-ring (bicyclic) bond motifs is 1. The van der Waals surface area contributed by atoms with Gasteiger partial charge in [0, 0.05) is 11.5 Å². The highest BCUT2D eigenvalue weighted by molar-refractivity contribution is 5.91. The molecular formula is C13H13NO3. The van der Waals surface area contributed by atoms with Crippen LogP contribution < -0.4 is 4.74 Å². The smallest absolute Gasteiger partial charge is 0.356 e. The van der Waals surface area contributed by atoms with Crippen molar-refractivity contribution in [3.8, 4) is 5.75 Å². The van der Waals surface area contributed by atoms with Crippen molar-refractivity contribution in [2.24, 2.45) is 0 Å². The van der Waals surface area contributed by atoms with Crippen molar-refractivity contribution in [3.63, 3.8) is 0 Å². The second-order valence-electron chi connectivity index (χ2n) is 3.48. The molecule has 0 bridgehead atoms. The van der Waals surface area contributed by atoms with Crippen LogP contribution in [-0.4, -0.2) is 24.7 Å². The zero-order chi connectivity index (χ0) is 12.3. The summed E-state index contributed by atoms with van der Waals surface area (Å²) in [6.07, 6.45) is 0. The third kappa shape index (κ3) is 2.36. The molecule has 0 saturated heterocycles. The Morgan fingerprint density at radius 1 is 1.29 bits per heavy atom. The lowest BCUT2D eigenvalue weighted by Gasteiger charge is -2.04. The molecule has 0 amide bonds. The van der Waals surface area contributed by atoms with Crippen molar-refractivity contribution in [1.29, 1.82) is 0 Å². The number of esters is 1. The summed E-state index contributed by atoms with van der Waals surface area (Å²) in [6.45, 7) is 2.11. The van der Waals surface area contributed by atoms with Gasteiger partial charge in [-0.1, -0.05) is 6.07 Å². The fourth-order valence-corrected chi connectivity index (χ4v) is 1.54. The van der Waals surface area contributed by atoms with E-state index in [4.69, 9.17) is 9.47 Å². The molecule has 1 heterocycles. The SMILES string of the molecule is CCOC(=O)c1ccc2ccc(OC)cc2n1. The topological polar surface area (TPSA) is 48.4 Å². The molecule has 0 spiro atoms. The van der Waals surface area contributed by atoms with E-state index >= 15 is 0 Å². The van der Waals surface area contributed by atoms with E-state index in [9.17, 15) is 4.79 Å². The first kappa shape index (κ1) is 11.4. The highest BCUT2D eigenvalue weighted by atomic mass is 16.5. The van der Waals surface area contributed by atoms with E-state index in [2.05, 4.69) is 4.98 Å². The molecule has 1 aromatic heterocycles. The second-order valence-corrected chi connectivity index (χ2v) is 3.48. The van der Waals surface area contributed by atoms with Gasteiger partial charge in [0.2, 0.25) is 0 Å². The monoisotopic (exact) mass is 231 g/mol. The van der Waals surface area contributed by atoms with Crippen molar-refractivity contribution < 1.29 is 14.3 Å². The average Bonchev–Trinajstić information content (AvgIpc) is 2.37. The molecule has 0 aliphatic heterocycles. The van der Waals surface area contributed by atoms with Gasteiger partial charge in [0.15, 0.2) is 0 Å². The number of hydrogen-bond donors (Lipinski definition) is 0. The molecule has 0 atom stereocenters. The molecule has 0 unspecified atom stereocenters. The fourth-order valence-electron chi connectivity index (χ4n) is 1.54. The third-order valence-electron chi connectivity index (χ3n) is 2.38. The molecule has 17 heavy (non-hydrogen) atoms. The predicted octanol–water partition coefficient (Wildman–Crippen LogP) is 2.42. The van der Waals surface area contributed by atoms with Gasteiger partial charge in [-0.25, -0.2) is 9.78 Å². The maximum Gasteiger partial charge on any atom is 0.356 e. The summed E-state index contributed by atoms with van der Waals surface area (Å²) in [5.41, 5.74) is 1.03. The molecule has 0 aliphatic rings. The minimum atomic E-state index is -0.405. The summed E-state index contributed by atoms with van der Waals surface area (Å²) in [6, 6.07) is 9.04. The van der Waals surface area contributed by atoms with Crippen LogP contribution in [0.2, 0.25) is 0 Å². The van der Waals surface area contributed by atoms with E-state index in [0.29, 0.717) is 18.1 Å². The summed E-state index contributed by atoms with van der Waals surface area (Å²) >= 11 is 0. The van der Waals surface area contributed by atoms with Gasteiger partial charge in [-0.3, -0.25) is 0 Å². The molecule has 4 nitrogen and oxygen atoms in total. The van der Waals surface area contributed by atoms with Crippen LogP contribution in [0, 0.1) is 0 Å². The van der Waals surface area contributed by atoms with E-state index < -0.39 is 5.97 Å². The van der Waals surface area contributed by atoms with Gasteiger partial charge in [-0.15, -0.1) is 0 Å². The molecule has 0 aliphatic carbocycles. The maximum absolute atomic E-state index is 11.5. The lowest BCUT2D eigenvalue weighted by Crippen LogP contribution is -2.06. The van der Waals surface area contributed by atoms with Gasteiger partial charge in [-0.2, -0.15) is 0 Å². The first-order valence-electron chi connectivity index (χ1n) is 5.36. The predicted molar refractivity (Wildman–Crippen MR) is 64.3 cm³/mol. The number of aromatic nitrogens is 1. The zero-order valence-corrected chi connectivity index (χ0v) is 9.77. The largest absolute Gasteiger partial charge is 0.497 e. The number of methoxy groups -OCH3 is 1. The van der Waals surface area contributed by atoms with E-state index in [0.717, 1.165) is 10.9 Å². The van der Waals surface area contributed by atoms with Gasteiger partial charge < -0.3 is 9.47 Å². The average molecular weight is 231 g/mol. The van der Waals surface area contributed by atoms with Crippen LogP contribution in [0.15, 0.2) is 30.3 Å². The van der Waals surface area contributed by atoms with Crippen molar-refractivity contribution in [3.05, 3.63) is 36.0 Å². The Bertz CT molecular complexity index is 551. The highest BCUT2D eigenvalue weighted by Crippen LogP contribution is 2.19. The van der Waals surface area contributed by atoms with Gasteiger partial charge in [0.1, 0.15) is 11.4 Å². The Labute approximate surface area is 99.2 Å². The minimum absolute atomic E-state index is 0.313. The van der Waals surface area contributed by atoms with E-state index in [1.807, 2.05) is 18.2 Å². The Morgan fingerprint density at radius 2 is 2.06 bits per heavy atom. The Morgan fingerprint density at radius 3 is 2.76 bits per heavy atom. The number of hydrogen-bond acceptors (Lipinski definition) is 4. The normalized spacial score (nSPS) is 10.2. The lowest BCUT2D eigenvalue weighted by molar-refractivity contribution is 0.0520. The van der Waals surface area contributed by atoms with E-state index in [1.54, 1.807) is 26.2 Å². The molecule has 2 rings (SSSR count). The molecule has 0 radical (unpaired) electrons. The second kappa shape index (κ2) is 4.82. The molecule has 2 aromatic rings. The quantitative estimate of drug-likeness (QED) is 0.761. The molecule has 1 aromatic carbocycles. The van der Waals surface area contributed by atoms with Crippen LogP contribution in [0.3, 0.4) is 0 Å². The number of benzene rings is 1. The van der Waals surface area contributed by atoms with Gasteiger partial charge in [-0.05, 0) is 25.1 Å². The van der Waals surface area contributed by atoms with Crippen LogP contribution in [0.4, 0.5) is 0 Å². The molecule has 0 saturated carbocycles. The van der Waals surface area contributed by atoms with Gasteiger partial charge >= 0.3 is 5.97 Å².